The van der Waals surface area contributed by atoms with Gasteiger partial charge in [-0.05, 0) is 62.6 Å². The molecule has 0 radical (unpaired) electrons. The molecule has 2 nitrogen and oxygen atoms in total. The van der Waals surface area contributed by atoms with E-state index in [1.54, 1.807) is 0 Å². The molecule has 0 aliphatic carbocycles. The summed E-state index contributed by atoms with van der Waals surface area (Å²) in [5.74, 6) is 1.63. The molecule has 1 aliphatic heterocycles. The number of hydrogen-bond acceptors (Lipinski definition) is 2. The molecule has 0 bridgehead atoms. The molecule has 1 fully saturated rings. The molecule has 2 unspecified atom stereocenters. The van der Waals surface area contributed by atoms with E-state index < -0.39 is 0 Å². The highest BCUT2D eigenvalue weighted by Gasteiger charge is 2.29. The van der Waals surface area contributed by atoms with Crippen LogP contribution in [0.25, 0.3) is 0 Å². The summed E-state index contributed by atoms with van der Waals surface area (Å²) in [6.07, 6.45) is 5.39. The molecule has 1 rings (SSSR count). The Hall–Kier alpha value is -0.0800. The maximum Gasteiger partial charge on any atom is 0.0243 e. The Kier molecular flexibility index (Phi) is 7.53. The monoisotopic (exact) mass is 282 g/mol. The van der Waals surface area contributed by atoms with E-state index in [0.717, 1.165) is 24.9 Å². The van der Waals surface area contributed by atoms with Crippen molar-refractivity contribution in [1.82, 2.24) is 10.2 Å². The Balaban J connectivity index is 2.55. The van der Waals surface area contributed by atoms with Crippen molar-refractivity contribution in [2.45, 2.75) is 73.3 Å². The number of nitrogens with zero attached hydrogens (tertiary/aromatic N) is 1. The first-order valence-corrected chi connectivity index (χ1v) is 8.81. The van der Waals surface area contributed by atoms with E-state index in [1.807, 2.05) is 0 Å². The third-order valence-electron chi connectivity index (χ3n) is 5.01. The molecule has 2 atom stereocenters. The quantitative estimate of drug-likeness (QED) is 0.736. The molecule has 0 aromatic rings. The van der Waals surface area contributed by atoms with Crippen LogP contribution in [0.5, 0.6) is 0 Å². The van der Waals surface area contributed by atoms with Crippen molar-refractivity contribution >= 4 is 0 Å². The lowest BCUT2D eigenvalue weighted by Gasteiger charge is -2.34. The van der Waals surface area contributed by atoms with Crippen LogP contribution in [0, 0.1) is 17.3 Å². The van der Waals surface area contributed by atoms with Gasteiger partial charge in [-0.15, -0.1) is 0 Å². The van der Waals surface area contributed by atoms with E-state index >= 15 is 0 Å². The highest BCUT2D eigenvalue weighted by atomic mass is 15.2. The van der Waals surface area contributed by atoms with Crippen LogP contribution in [-0.2, 0) is 0 Å². The molecular formula is C18H38N2. The first-order valence-electron chi connectivity index (χ1n) is 8.81. The normalized spacial score (nSPS) is 23.9. The fourth-order valence-electron chi connectivity index (χ4n) is 3.53. The average Bonchev–Trinajstić information content (AvgIpc) is 2.59. The average molecular weight is 283 g/mol. The Morgan fingerprint density at radius 1 is 1.15 bits per heavy atom. The van der Waals surface area contributed by atoms with Crippen LogP contribution in [-0.4, -0.2) is 37.1 Å². The summed E-state index contributed by atoms with van der Waals surface area (Å²) < 4.78 is 0. The van der Waals surface area contributed by atoms with Crippen LogP contribution in [0.4, 0.5) is 0 Å². The molecule has 1 N–H and O–H groups in total. The van der Waals surface area contributed by atoms with Gasteiger partial charge in [-0.1, -0.05) is 41.5 Å². The van der Waals surface area contributed by atoms with Gasteiger partial charge < -0.3 is 5.32 Å². The predicted octanol–water partition coefficient (Wildman–Crippen LogP) is 4.16. The van der Waals surface area contributed by atoms with Crippen molar-refractivity contribution in [2.75, 3.05) is 26.2 Å². The summed E-state index contributed by atoms with van der Waals surface area (Å²) in [6.45, 7) is 19.1. The smallest absolute Gasteiger partial charge is 0.0243 e. The fourth-order valence-corrected chi connectivity index (χ4v) is 3.53. The van der Waals surface area contributed by atoms with Crippen molar-refractivity contribution < 1.29 is 0 Å². The lowest BCUT2D eigenvalue weighted by Crippen LogP contribution is -2.46. The van der Waals surface area contributed by atoms with Crippen LogP contribution < -0.4 is 5.32 Å². The van der Waals surface area contributed by atoms with E-state index in [4.69, 9.17) is 0 Å². The van der Waals surface area contributed by atoms with E-state index in [1.165, 1.54) is 38.8 Å². The van der Waals surface area contributed by atoms with E-state index in [0.29, 0.717) is 11.5 Å². The van der Waals surface area contributed by atoms with E-state index in [9.17, 15) is 0 Å². The van der Waals surface area contributed by atoms with Gasteiger partial charge in [-0.3, -0.25) is 4.90 Å². The second-order valence-corrected chi connectivity index (χ2v) is 8.05. The maximum absolute atomic E-state index is 3.63. The highest BCUT2D eigenvalue weighted by Crippen LogP contribution is 2.34. The largest absolute Gasteiger partial charge is 0.315 e. The molecule has 0 amide bonds. The van der Waals surface area contributed by atoms with Gasteiger partial charge in [0, 0.05) is 12.6 Å². The minimum atomic E-state index is 0.476. The van der Waals surface area contributed by atoms with Gasteiger partial charge >= 0.3 is 0 Å². The first-order chi connectivity index (χ1) is 9.36. The number of likely N-dealkylation sites (tertiary alicyclic amines) is 1. The van der Waals surface area contributed by atoms with Gasteiger partial charge in [0.1, 0.15) is 0 Å². The van der Waals surface area contributed by atoms with Crippen molar-refractivity contribution in [3.05, 3.63) is 0 Å². The zero-order chi connectivity index (χ0) is 15.2. The fraction of sp³-hybridized carbons (Fsp3) is 1.00. The Morgan fingerprint density at radius 2 is 1.85 bits per heavy atom. The third kappa shape index (κ3) is 5.73. The molecule has 1 heterocycles. The van der Waals surface area contributed by atoms with Gasteiger partial charge in [0.15, 0.2) is 0 Å². The van der Waals surface area contributed by atoms with Crippen molar-refractivity contribution in [3.8, 4) is 0 Å². The summed E-state index contributed by atoms with van der Waals surface area (Å²) in [7, 11) is 0. The zero-order valence-electron chi connectivity index (χ0n) is 14.8. The van der Waals surface area contributed by atoms with E-state index in [-0.39, 0.29) is 0 Å². The Bertz CT molecular complexity index is 255. The molecule has 1 aliphatic rings. The molecule has 0 spiro atoms. The van der Waals surface area contributed by atoms with Crippen molar-refractivity contribution in [2.24, 2.45) is 17.3 Å². The summed E-state index contributed by atoms with van der Waals surface area (Å²) in [6, 6.07) is 0.709. The van der Waals surface area contributed by atoms with Gasteiger partial charge in [0.2, 0.25) is 0 Å². The van der Waals surface area contributed by atoms with Crippen molar-refractivity contribution in [1.29, 1.82) is 0 Å². The summed E-state index contributed by atoms with van der Waals surface area (Å²) in [4.78, 5) is 2.76. The number of rotatable bonds is 6. The predicted molar refractivity (Wildman–Crippen MR) is 90.2 cm³/mol. The second kappa shape index (κ2) is 8.38. The van der Waals surface area contributed by atoms with Crippen LogP contribution in [0.2, 0.25) is 0 Å². The van der Waals surface area contributed by atoms with Gasteiger partial charge in [0.05, 0.1) is 0 Å². The SMILES string of the molecule is CCCNCC(C(C)C)N1CCCC(C(C)(C)C)CC1. The van der Waals surface area contributed by atoms with Gasteiger partial charge in [0.25, 0.3) is 0 Å². The summed E-state index contributed by atoms with van der Waals surface area (Å²) >= 11 is 0. The van der Waals surface area contributed by atoms with Crippen LogP contribution in [0.3, 0.4) is 0 Å². The van der Waals surface area contributed by atoms with E-state index in [2.05, 4.69) is 51.8 Å². The minimum absolute atomic E-state index is 0.476. The number of nitrogens with one attached hydrogen (secondary N) is 1. The highest BCUT2D eigenvalue weighted by molar-refractivity contribution is 4.83. The molecule has 1 saturated heterocycles. The minimum Gasteiger partial charge on any atom is -0.315 e. The molecular weight excluding hydrogens is 244 g/mol. The molecule has 2 heteroatoms. The maximum atomic E-state index is 3.63. The zero-order valence-corrected chi connectivity index (χ0v) is 14.8. The topological polar surface area (TPSA) is 15.3 Å². The van der Waals surface area contributed by atoms with Crippen LogP contribution in [0.1, 0.15) is 67.2 Å². The number of hydrogen-bond donors (Lipinski definition) is 1. The Morgan fingerprint density at radius 3 is 2.40 bits per heavy atom. The molecule has 20 heavy (non-hydrogen) atoms. The summed E-state index contributed by atoms with van der Waals surface area (Å²) in [5.41, 5.74) is 0.476. The third-order valence-corrected chi connectivity index (χ3v) is 5.01. The lowest BCUT2D eigenvalue weighted by atomic mass is 9.77. The lowest BCUT2D eigenvalue weighted by molar-refractivity contribution is 0.147. The Labute approximate surface area is 127 Å². The van der Waals surface area contributed by atoms with Crippen molar-refractivity contribution in [3.63, 3.8) is 0 Å². The summed E-state index contributed by atoms with van der Waals surface area (Å²) in [5, 5.41) is 3.63. The molecule has 0 aromatic carbocycles. The van der Waals surface area contributed by atoms with Gasteiger partial charge in [-0.2, -0.15) is 0 Å². The van der Waals surface area contributed by atoms with Crippen LogP contribution >= 0.6 is 0 Å². The standard InChI is InChI=1S/C18H38N2/c1-7-11-19-14-17(15(2)3)20-12-8-9-16(10-13-20)18(4,5)6/h15-17,19H,7-14H2,1-6H3. The molecule has 120 valence electrons. The van der Waals surface area contributed by atoms with Crippen LogP contribution in [0.15, 0.2) is 0 Å². The molecule has 0 aromatic heterocycles. The molecule has 0 saturated carbocycles. The van der Waals surface area contributed by atoms with Gasteiger partial charge in [-0.25, -0.2) is 0 Å². The second-order valence-electron chi connectivity index (χ2n) is 8.05. The first kappa shape index (κ1) is 18.0.